The lowest BCUT2D eigenvalue weighted by Gasteiger charge is -2.44. The number of ether oxygens (including phenoxy) is 1. The topological polar surface area (TPSA) is 82.0 Å². The molecule has 0 bridgehead atoms. The molecule has 1 N–H and O–H groups in total. The van der Waals surface area contributed by atoms with Crippen molar-refractivity contribution in [3.63, 3.8) is 0 Å². The number of fused-ring (bicyclic) bond motifs is 1. The minimum Gasteiger partial charge on any atom is -0.397 e. The molecule has 0 aromatic carbocycles. The lowest BCUT2D eigenvalue weighted by atomic mass is 9.52. The van der Waals surface area contributed by atoms with E-state index in [0.29, 0.717) is 37.1 Å². The van der Waals surface area contributed by atoms with Crippen molar-refractivity contribution >= 4 is 40.1 Å². The van der Waals surface area contributed by atoms with E-state index in [1.807, 2.05) is 24.8 Å². The second kappa shape index (κ2) is 7.08. The van der Waals surface area contributed by atoms with Gasteiger partial charge in [-0.25, -0.2) is 0 Å². The SMILES string of the molecule is [B]C([B])([B])OC1(C)CCN(c2c(C#N)c(=O)[nH]c3cnc(CC)cc23)CC1. The maximum atomic E-state index is 12.4. The number of aryl methyl sites for hydroxylation is 1. The smallest absolute Gasteiger partial charge is 0.268 e. The van der Waals surface area contributed by atoms with Gasteiger partial charge in [0.05, 0.1) is 46.5 Å². The molecule has 0 atom stereocenters. The third-order valence-electron chi connectivity index (χ3n) is 4.96. The fourth-order valence-corrected chi connectivity index (χ4v) is 3.58. The van der Waals surface area contributed by atoms with Gasteiger partial charge in [-0.3, -0.25) is 9.78 Å². The van der Waals surface area contributed by atoms with Crippen LogP contribution < -0.4 is 10.5 Å². The molecule has 1 saturated heterocycles. The maximum Gasteiger partial charge on any atom is 0.268 e. The molecule has 2 aromatic heterocycles. The van der Waals surface area contributed by atoms with Crippen LogP contribution in [-0.2, 0) is 11.2 Å². The Morgan fingerprint density at radius 2 is 2.07 bits per heavy atom. The number of nitrogens with zero attached hydrogens (tertiary/aromatic N) is 3. The first-order chi connectivity index (χ1) is 12.7. The van der Waals surface area contributed by atoms with Crippen LogP contribution in [-0.4, -0.2) is 57.5 Å². The van der Waals surface area contributed by atoms with Crippen molar-refractivity contribution in [1.82, 2.24) is 9.97 Å². The molecule has 0 amide bonds. The number of aromatic nitrogens is 2. The van der Waals surface area contributed by atoms with Crippen LogP contribution in [0.25, 0.3) is 10.9 Å². The molecule has 3 rings (SSSR count). The van der Waals surface area contributed by atoms with Gasteiger partial charge in [-0.1, -0.05) is 6.92 Å². The number of piperidine rings is 1. The summed E-state index contributed by atoms with van der Waals surface area (Å²) < 4.78 is 5.62. The lowest BCUT2D eigenvalue weighted by Crippen LogP contribution is -2.51. The third-order valence-corrected chi connectivity index (χ3v) is 4.96. The predicted octanol–water partition coefficient (Wildman–Crippen LogP) is 0.849. The van der Waals surface area contributed by atoms with Crippen LogP contribution in [0.15, 0.2) is 17.1 Å². The van der Waals surface area contributed by atoms with Crippen molar-refractivity contribution in [1.29, 1.82) is 5.26 Å². The maximum absolute atomic E-state index is 12.4. The van der Waals surface area contributed by atoms with E-state index < -0.39 is 16.5 Å². The highest BCUT2D eigenvalue weighted by molar-refractivity contribution is 6.58. The van der Waals surface area contributed by atoms with Crippen LogP contribution >= 0.6 is 0 Å². The fraction of sp³-hybridized carbons (Fsp3) is 0.500. The van der Waals surface area contributed by atoms with Crippen molar-refractivity contribution in [2.75, 3.05) is 18.0 Å². The highest BCUT2D eigenvalue weighted by Gasteiger charge is 2.35. The molecule has 132 valence electrons. The van der Waals surface area contributed by atoms with E-state index >= 15 is 0 Å². The van der Waals surface area contributed by atoms with Gasteiger partial charge in [-0.05, 0) is 37.6 Å². The molecule has 0 aliphatic carbocycles. The first-order valence-electron chi connectivity index (χ1n) is 8.92. The van der Waals surface area contributed by atoms with Gasteiger partial charge in [0, 0.05) is 24.2 Å². The molecule has 9 heteroatoms. The number of nitriles is 1. The number of anilines is 1. The first-order valence-corrected chi connectivity index (χ1v) is 8.92. The number of hydrogen-bond acceptors (Lipinski definition) is 5. The minimum atomic E-state index is -1.70. The summed E-state index contributed by atoms with van der Waals surface area (Å²) in [7, 11) is 16.8. The molecule has 0 spiro atoms. The van der Waals surface area contributed by atoms with Crippen LogP contribution in [0.4, 0.5) is 5.69 Å². The van der Waals surface area contributed by atoms with E-state index in [4.69, 9.17) is 28.3 Å². The molecule has 1 fully saturated rings. The molecule has 1 aliphatic rings. The van der Waals surface area contributed by atoms with Crippen molar-refractivity contribution in [2.24, 2.45) is 0 Å². The highest BCUT2D eigenvalue weighted by atomic mass is 16.5. The minimum absolute atomic E-state index is 0.103. The summed E-state index contributed by atoms with van der Waals surface area (Å²) in [6, 6.07) is 3.98. The van der Waals surface area contributed by atoms with Gasteiger partial charge < -0.3 is 14.6 Å². The van der Waals surface area contributed by atoms with Crippen LogP contribution in [0.3, 0.4) is 0 Å². The summed E-state index contributed by atoms with van der Waals surface area (Å²) in [5.41, 5.74) is 1.25. The third kappa shape index (κ3) is 4.06. The molecule has 0 saturated carbocycles. The Kier molecular flexibility index (Phi) is 5.13. The van der Waals surface area contributed by atoms with Gasteiger partial charge in [-0.2, -0.15) is 5.26 Å². The molecule has 0 unspecified atom stereocenters. The summed E-state index contributed by atoms with van der Waals surface area (Å²) in [5, 5.41) is 8.70. The van der Waals surface area contributed by atoms with Crippen molar-refractivity contribution < 1.29 is 4.74 Å². The van der Waals surface area contributed by atoms with Crippen LogP contribution in [0.1, 0.15) is 37.9 Å². The number of H-pyrrole nitrogens is 1. The van der Waals surface area contributed by atoms with Gasteiger partial charge in [-0.15, -0.1) is 0 Å². The number of rotatable bonds is 4. The summed E-state index contributed by atoms with van der Waals surface area (Å²) in [6.45, 7) is 5.06. The van der Waals surface area contributed by atoms with Crippen LogP contribution in [0.2, 0.25) is 0 Å². The van der Waals surface area contributed by atoms with E-state index in [9.17, 15) is 10.1 Å². The molecule has 6 nitrogen and oxygen atoms in total. The zero-order valence-electron chi connectivity index (χ0n) is 15.6. The van der Waals surface area contributed by atoms with Gasteiger partial charge in [0.1, 0.15) is 11.6 Å². The Hall–Kier alpha value is -2.20. The quantitative estimate of drug-likeness (QED) is 0.822. The number of nitrogens with one attached hydrogen (secondary N) is 1. The fourth-order valence-electron chi connectivity index (χ4n) is 3.58. The largest absolute Gasteiger partial charge is 0.397 e. The monoisotopic (exact) mass is 356 g/mol. The summed E-state index contributed by atoms with van der Waals surface area (Å²) >= 11 is 0. The lowest BCUT2D eigenvalue weighted by molar-refractivity contribution is -0.0541. The van der Waals surface area contributed by atoms with Crippen LogP contribution in [0, 0.1) is 11.3 Å². The standard InChI is InChI=1S/C18H19B3N4O2/c1-3-11-8-12-14(10-23-11)24-16(26)13(9-22)15(12)25-6-4-17(2,5-7-25)27-18(19,20)21/h8,10H,3-7H2,1-2H3,(H,24,26). The number of pyridine rings is 2. The Bertz CT molecular complexity index is 954. The van der Waals surface area contributed by atoms with E-state index in [1.54, 1.807) is 6.20 Å². The van der Waals surface area contributed by atoms with Gasteiger partial charge in [0.15, 0.2) is 0 Å². The second-order valence-corrected chi connectivity index (χ2v) is 7.26. The molecule has 6 radical (unpaired) electrons. The molecule has 27 heavy (non-hydrogen) atoms. The van der Waals surface area contributed by atoms with E-state index in [0.717, 1.165) is 17.5 Å². The number of aromatic amines is 1. The van der Waals surface area contributed by atoms with E-state index in [1.165, 1.54) is 0 Å². The molecule has 1 aliphatic heterocycles. The molecular weight excluding hydrogens is 337 g/mol. The summed E-state index contributed by atoms with van der Waals surface area (Å²) in [4.78, 5) is 21.5. The van der Waals surface area contributed by atoms with Gasteiger partial charge in [0.25, 0.3) is 5.56 Å². The van der Waals surface area contributed by atoms with Gasteiger partial charge >= 0.3 is 0 Å². The molecular formula is C18H19B3N4O2. The molecule has 3 heterocycles. The first kappa shape index (κ1) is 19.6. The Balaban J connectivity index is 2.02. The second-order valence-electron chi connectivity index (χ2n) is 7.26. The predicted molar refractivity (Wildman–Crippen MR) is 107 cm³/mol. The average molecular weight is 356 g/mol. The van der Waals surface area contributed by atoms with Crippen LogP contribution in [0.5, 0.6) is 0 Å². The van der Waals surface area contributed by atoms with Crippen molar-refractivity contribution in [3.05, 3.63) is 33.9 Å². The van der Waals surface area contributed by atoms with Gasteiger partial charge in [0.2, 0.25) is 0 Å². The highest BCUT2D eigenvalue weighted by Crippen LogP contribution is 2.34. The average Bonchev–Trinajstić information content (AvgIpc) is 2.59. The van der Waals surface area contributed by atoms with E-state index in [2.05, 4.69) is 16.0 Å². The zero-order valence-corrected chi connectivity index (χ0v) is 15.6. The normalized spacial score (nSPS) is 17.0. The molecule has 2 aromatic rings. The Labute approximate surface area is 162 Å². The Morgan fingerprint density at radius 3 is 2.63 bits per heavy atom. The summed E-state index contributed by atoms with van der Waals surface area (Å²) in [6.07, 6.45) is 3.60. The Morgan fingerprint density at radius 1 is 1.41 bits per heavy atom. The van der Waals surface area contributed by atoms with E-state index in [-0.39, 0.29) is 5.56 Å². The zero-order chi connectivity index (χ0) is 19.8. The van der Waals surface area contributed by atoms with Crippen molar-refractivity contribution in [2.45, 2.75) is 44.0 Å². The van der Waals surface area contributed by atoms with Crippen molar-refractivity contribution in [3.8, 4) is 6.07 Å². The summed E-state index contributed by atoms with van der Waals surface area (Å²) in [5.74, 6) is 0. The number of hydrogen-bond donors (Lipinski definition) is 1.